The van der Waals surface area contributed by atoms with Gasteiger partial charge in [-0.1, -0.05) is 95.2 Å². The molecule has 2 aromatic rings. The van der Waals surface area contributed by atoms with Crippen LogP contribution in [-0.4, -0.2) is 5.11 Å². The smallest absolute Gasteiger partial charge is 0.366 e. The van der Waals surface area contributed by atoms with E-state index in [1.807, 2.05) is 17.9 Å². The van der Waals surface area contributed by atoms with Gasteiger partial charge in [0.1, 0.15) is 11.5 Å². The molecule has 0 radical (unpaired) electrons. The van der Waals surface area contributed by atoms with Gasteiger partial charge in [0.15, 0.2) is 5.81 Å². The molecule has 0 saturated heterocycles. The van der Waals surface area contributed by atoms with Crippen molar-refractivity contribution in [2.24, 2.45) is 4.95 Å². The van der Waals surface area contributed by atoms with Gasteiger partial charge in [-0.2, -0.15) is 5.26 Å². The van der Waals surface area contributed by atoms with Crippen LogP contribution in [0, 0.1) is 16.0 Å². The Morgan fingerprint density at radius 1 is 0.743 bits per heavy atom. The van der Waals surface area contributed by atoms with Crippen LogP contribution in [0.5, 0.6) is 11.5 Å². The van der Waals surface area contributed by atoms with Gasteiger partial charge in [-0.25, -0.2) is 0 Å². The molecule has 0 bridgehead atoms. The minimum atomic E-state index is -2.22. The number of hydrogen-bond acceptors (Lipinski definition) is 5. The maximum absolute atomic E-state index is 11.6. The van der Waals surface area contributed by atoms with Crippen molar-refractivity contribution in [2.75, 3.05) is 0 Å². The third-order valence-electron chi connectivity index (χ3n) is 6.17. The Balaban J connectivity index is 3.16. The van der Waals surface area contributed by atoms with E-state index in [1.165, 1.54) is 0 Å². The van der Waals surface area contributed by atoms with Crippen LogP contribution in [0.3, 0.4) is 0 Å². The summed E-state index contributed by atoms with van der Waals surface area (Å²) < 4.78 is 6.04. The molecule has 2 aromatic carbocycles. The summed E-state index contributed by atoms with van der Waals surface area (Å²) in [4.78, 5) is 14.3. The minimum Gasteiger partial charge on any atom is -0.507 e. The van der Waals surface area contributed by atoms with E-state index in [1.54, 1.807) is 0 Å². The average Bonchev–Trinajstić information content (AvgIpc) is 2.68. The van der Waals surface area contributed by atoms with Gasteiger partial charge in [-0.3, -0.25) is 0 Å². The van der Waals surface area contributed by atoms with E-state index in [-0.39, 0.29) is 27.4 Å². The number of hydrogen-bond donors (Lipinski definition) is 1. The Hall–Kier alpha value is -2.44. The second kappa shape index (κ2) is 9.55. The molecule has 0 amide bonds. The van der Waals surface area contributed by atoms with Crippen LogP contribution in [0.25, 0.3) is 11.1 Å². The van der Waals surface area contributed by atoms with Crippen LogP contribution < -0.4 is 4.52 Å². The third kappa shape index (κ3) is 6.42. The highest BCUT2D eigenvalue weighted by Gasteiger charge is 2.32. The number of nitriles is 1. The largest absolute Gasteiger partial charge is 0.507 e. The molecule has 0 aromatic heterocycles. The van der Waals surface area contributed by atoms with Gasteiger partial charge in [0.05, 0.1) is 0 Å². The van der Waals surface area contributed by atoms with Crippen molar-refractivity contribution in [3.63, 3.8) is 0 Å². The zero-order valence-electron chi connectivity index (χ0n) is 23.4. The monoisotopic (exact) mass is 496 g/mol. The normalized spacial score (nSPS) is 13.8. The average molecular weight is 497 g/mol. The first-order chi connectivity index (χ1) is 15.7. The molecule has 1 unspecified atom stereocenters. The topological polar surface area (TPSA) is 82.7 Å². The van der Waals surface area contributed by atoms with Crippen LogP contribution in [-0.2, 0) is 21.7 Å². The Morgan fingerprint density at radius 3 is 1.54 bits per heavy atom. The lowest BCUT2D eigenvalue weighted by Crippen LogP contribution is -2.19. The summed E-state index contributed by atoms with van der Waals surface area (Å²) >= 11 is 0. The highest BCUT2D eigenvalue weighted by atomic mass is 31.2. The number of rotatable bonds is 4. The standard InChI is InChI=1S/C29H41N2O3P/c1-26(2,3)18-13-20(24(32)22(15-18)28(7,8)9)21-14-19(27(4,5)6)16-23(29(10,11)12)25(21)34-35(17-30)31-33/h13-16,32H,1-12H3. The number of benzene rings is 2. The maximum atomic E-state index is 11.6. The Labute approximate surface area is 212 Å². The summed E-state index contributed by atoms with van der Waals surface area (Å²) in [6.07, 6.45) is 0. The van der Waals surface area contributed by atoms with Crippen molar-refractivity contribution in [2.45, 2.75) is 105 Å². The summed E-state index contributed by atoms with van der Waals surface area (Å²) in [7, 11) is -2.22. The maximum Gasteiger partial charge on any atom is 0.366 e. The van der Waals surface area contributed by atoms with Gasteiger partial charge in [-0.15, -0.1) is 4.91 Å². The molecule has 5 nitrogen and oxygen atoms in total. The highest BCUT2D eigenvalue weighted by Crippen LogP contribution is 2.52. The zero-order valence-corrected chi connectivity index (χ0v) is 24.3. The predicted molar refractivity (Wildman–Crippen MR) is 147 cm³/mol. The first-order valence-electron chi connectivity index (χ1n) is 12.0. The molecule has 0 aliphatic rings. The second-order valence-corrected chi connectivity index (χ2v) is 14.5. The van der Waals surface area contributed by atoms with Gasteiger partial charge in [-0.05, 0) is 44.9 Å². The van der Waals surface area contributed by atoms with E-state index >= 15 is 0 Å². The van der Waals surface area contributed by atoms with Crippen LogP contribution in [0.15, 0.2) is 29.2 Å². The van der Waals surface area contributed by atoms with Crippen LogP contribution in [0.1, 0.15) is 105 Å². The lowest BCUT2D eigenvalue weighted by atomic mass is 9.75. The Morgan fingerprint density at radius 2 is 1.17 bits per heavy atom. The van der Waals surface area contributed by atoms with Crippen molar-refractivity contribution in [1.82, 2.24) is 0 Å². The van der Waals surface area contributed by atoms with E-state index in [9.17, 15) is 15.3 Å². The summed E-state index contributed by atoms with van der Waals surface area (Å²) in [6.45, 7) is 25.3. The van der Waals surface area contributed by atoms with Crippen molar-refractivity contribution in [3.8, 4) is 28.4 Å². The molecule has 0 spiro atoms. The number of phenolic OH excluding ortho intramolecular Hbond substituents is 1. The van der Waals surface area contributed by atoms with E-state index in [4.69, 9.17) is 4.52 Å². The second-order valence-electron chi connectivity index (χ2n) is 13.4. The number of aromatic hydroxyl groups is 1. The first kappa shape index (κ1) is 28.8. The lowest BCUT2D eigenvalue weighted by molar-refractivity contribution is 0.446. The summed E-state index contributed by atoms with van der Waals surface area (Å²) in [6, 6.07) is 8.19. The molecular formula is C29H41N2O3P. The van der Waals surface area contributed by atoms with Crippen molar-refractivity contribution in [3.05, 3.63) is 51.4 Å². The fourth-order valence-corrected chi connectivity index (χ4v) is 4.38. The lowest BCUT2D eigenvalue weighted by Gasteiger charge is -2.31. The summed E-state index contributed by atoms with van der Waals surface area (Å²) in [5, 5.41) is 21.1. The quantitative estimate of drug-likeness (QED) is 0.338. The van der Waals surface area contributed by atoms with Crippen molar-refractivity contribution in [1.29, 1.82) is 5.26 Å². The van der Waals surface area contributed by atoms with E-state index in [0.717, 1.165) is 22.3 Å². The molecule has 35 heavy (non-hydrogen) atoms. The molecular weight excluding hydrogens is 455 g/mol. The summed E-state index contributed by atoms with van der Waals surface area (Å²) in [5.74, 6) is 2.50. The fourth-order valence-electron chi connectivity index (χ4n) is 3.90. The summed E-state index contributed by atoms with van der Waals surface area (Å²) in [5.41, 5.74) is 4.15. The predicted octanol–water partition coefficient (Wildman–Crippen LogP) is 9.19. The molecule has 6 heteroatoms. The Bertz CT molecular complexity index is 1150. The highest BCUT2D eigenvalue weighted by molar-refractivity contribution is 7.56. The molecule has 0 fully saturated rings. The van der Waals surface area contributed by atoms with Gasteiger partial charge in [0.2, 0.25) is 0 Å². The number of phenols is 1. The molecule has 190 valence electrons. The molecule has 0 aliphatic heterocycles. The van der Waals surface area contributed by atoms with Gasteiger partial charge in [0.25, 0.3) is 0 Å². The SMILES string of the molecule is CC(C)(C)c1cc(-c2cc(C(C)(C)C)cc(C(C)(C)C)c2OP(C#N)N=O)c(O)c(C(C)(C)C)c1. The molecule has 0 heterocycles. The van der Waals surface area contributed by atoms with Crippen LogP contribution >= 0.6 is 8.30 Å². The molecule has 1 atom stereocenters. The van der Waals surface area contributed by atoms with Crippen molar-refractivity contribution < 1.29 is 9.63 Å². The van der Waals surface area contributed by atoms with E-state index < -0.39 is 8.30 Å². The van der Waals surface area contributed by atoms with Gasteiger partial charge < -0.3 is 9.63 Å². The van der Waals surface area contributed by atoms with Crippen LogP contribution in [0.4, 0.5) is 0 Å². The minimum absolute atomic E-state index is 0.165. The van der Waals surface area contributed by atoms with Crippen molar-refractivity contribution >= 4 is 8.30 Å². The number of nitroso groups, excluding NO2 is 1. The van der Waals surface area contributed by atoms with E-state index in [0.29, 0.717) is 16.9 Å². The van der Waals surface area contributed by atoms with E-state index in [2.05, 4.69) is 100 Å². The third-order valence-corrected chi connectivity index (χ3v) is 6.85. The Kier molecular flexibility index (Phi) is 7.86. The molecule has 2 rings (SSSR count). The molecule has 1 N–H and O–H groups in total. The van der Waals surface area contributed by atoms with Crippen LogP contribution in [0.2, 0.25) is 0 Å². The fraction of sp³-hybridized carbons (Fsp3) is 0.552. The van der Waals surface area contributed by atoms with Gasteiger partial charge in [0, 0.05) is 27.2 Å². The number of nitrogens with zero attached hydrogens (tertiary/aromatic N) is 2. The van der Waals surface area contributed by atoms with Gasteiger partial charge >= 0.3 is 8.30 Å². The first-order valence-corrected chi connectivity index (χ1v) is 13.2. The molecule has 0 aliphatic carbocycles. The molecule has 0 saturated carbocycles. The zero-order chi connectivity index (χ0) is 27.1.